The van der Waals surface area contributed by atoms with Gasteiger partial charge in [-0.3, -0.25) is 9.69 Å². The lowest BCUT2D eigenvalue weighted by atomic mass is 9.90. The normalized spacial score (nSPS) is 24.1. The standard InChI is InChI=1S/C26H29Cl3N4O/c27-18-8-6-17(7-9-18)24-16-32(12-13-33(24)20-4-2-1-3-5-20)26(34)25-22(15-30-31-25)21-11-10-19(28)14-23(21)29/h6-11,14,20,22,24,30H,1-5,12-13,15-16H2. The van der Waals surface area contributed by atoms with Crippen LogP contribution in [0.4, 0.5) is 0 Å². The van der Waals surface area contributed by atoms with Gasteiger partial charge in [-0.15, -0.1) is 0 Å². The Morgan fingerprint density at radius 1 is 0.941 bits per heavy atom. The molecule has 0 radical (unpaired) electrons. The number of hydrogen-bond acceptors (Lipinski definition) is 4. The molecule has 2 unspecified atom stereocenters. The lowest BCUT2D eigenvalue weighted by Gasteiger charge is -2.46. The first-order chi connectivity index (χ1) is 16.5. The summed E-state index contributed by atoms with van der Waals surface area (Å²) in [6, 6.07) is 14.2. The Hall–Kier alpha value is -1.79. The van der Waals surface area contributed by atoms with Crippen LogP contribution in [0.3, 0.4) is 0 Å². The fraction of sp³-hybridized carbons (Fsp3) is 0.462. The van der Waals surface area contributed by atoms with Crippen LogP contribution in [0.25, 0.3) is 0 Å². The lowest BCUT2D eigenvalue weighted by Crippen LogP contribution is -2.55. The molecule has 1 aliphatic carbocycles. The highest BCUT2D eigenvalue weighted by atomic mass is 35.5. The largest absolute Gasteiger partial charge is 0.334 e. The van der Waals surface area contributed by atoms with Gasteiger partial charge in [0, 0.05) is 47.3 Å². The molecule has 5 rings (SSSR count). The van der Waals surface area contributed by atoms with Crippen LogP contribution < -0.4 is 5.43 Å². The Morgan fingerprint density at radius 3 is 2.41 bits per heavy atom. The maximum absolute atomic E-state index is 13.7. The van der Waals surface area contributed by atoms with Gasteiger partial charge in [-0.05, 0) is 48.2 Å². The number of carbonyl (C=O) groups excluding carboxylic acids is 1. The molecule has 3 aliphatic rings. The molecule has 8 heteroatoms. The Labute approximate surface area is 216 Å². The van der Waals surface area contributed by atoms with E-state index in [2.05, 4.69) is 27.6 Å². The quantitative estimate of drug-likeness (QED) is 0.546. The second-order valence-corrected chi connectivity index (χ2v) is 10.7. The molecule has 0 aromatic heterocycles. The summed E-state index contributed by atoms with van der Waals surface area (Å²) in [6.45, 7) is 2.73. The number of benzene rings is 2. The fourth-order valence-corrected chi connectivity index (χ4v) is 6.28. The van der Waals surface area contributed by atoms with Crippen molar-refractivity contribution >= 4 is 46.4 Å². The van der Waals surface area contributed by atoms with Gasteiger partial charge in [0.25, 0.3) is 5.91 Å². The van der Waals surface area contributed by atoms with Crippen molar-refractivity contribution in [2.75, 3.05) is 26.2 Å². The van der Waals surface area contributed by atoms with Crippen LogP contribution in [-0.2, 0) is 4.79 Å². The Morgan fingerprint density at radius 2 is 1.68 bits per heavy atom. The number of amides is 1. The van der Waals surface area contributed by atoms with Crippen molar-refractivity contribution in [1.29, 1.82) is 0 Å². The van der Waals surface area contributed by atoms with Crippen LogP contribution in [0.5, 0.6) is 0 Å². The third-order valence-electron chi connectivity index (χ3n) is 7.39. The molecule has 1 saturated heterocycles. The summed E-state index contributed by atoms with van der Waals surface area (Å²) >= 11 is 18.7. The maximum Gasteiger partial charge on any atom is 0.270 e. The number of hydrogen-bond donors (Lipinski definition) is 1. The van der Waals surface area contributed by atoms with Crippen molar-refractivity contribution < 1.29 is 4.79 Å². The second-order valence-electron chi connectivity index (χ2n) is 9.43. The SMILES string of the molecule is O=C(C1=NNCC1c1ccc(Cl)cc1Cl)N1CCN(C2CCCCC2)C(c2ccc(Cl)cc2)C1. The van der Waals surface area contributed by atoms with E-state index in [1.807, 2.05) is 29.2 Å². The van der Waals surface area contributed by atoms with Crippen LogP contribution in [-0.4, -0.2) is 53.6 Å². The van der Waals surface area contributed by atoms with Crippen molar-refractivity contribution in [2.45, 2.75) is 50.1 Å². The predicted octanol–water partition coefficient (Wildman–Crippen LogP) is 5.91. The average Bonchev–Trinajstić information content (AvgIpc) is 3.34. The molecule has 1 N–H and O–H groups in total. The fourth-order valence-electron chi connectivity index (χ4n) is 5.61. The topological polar surface area (TPSA) is 47.9 Å². The molecule has 2 aliphatic heterocycles. The van der Waals surface area contributed by atoms with E-state index in [1.165, 1.54) is 37.7 Å². The number of halogens is 3. The molecule has 0 spiro atoms. The molecule has 2 aromatic carbocycles. The van der Waals surface area contributed by atoms with Crippen molar-refractivity contribution in [3.63, 3.8) is 0 Å². The summed E-state index contributed by atoms with van der Waals surface area (Å²) in [5.41, 5.74) is 5.61. The van der Waals surface area contributed by atoms with Gasteiger partial charge in [-0.25, -0.2) is 0 Å². The van der Waals surface area contributed by atoms with Gasteiger partial charge >= 0.3 is 0 Å². The summed E-state index contributed by atoms with van der Waals surface area (Å²) in [7, 11) is 0. The third kappa shape index (κ3) is 4.94. The van der Waals surface area contributed by atoms with Gasteiger partial charge in [0.1, 0.15) is 5.71 Å². The van der Waals surface area contributed by atoms with Gasteiger partial charge in [0.05, 0.1) is 12.0 Å². The first-order valence-electron chi connectivity index (χ1n) is 12.1. The van der Waals surface area contributed by atoms with Crippen LogP contribution >= 0.6 is 34.8 Å². The first-order valence-corrected chi connectivity index (χ1v) is 13.2. The van der Waals surface area contributed by atoms with Crippen LogP contribution in [0.1, 0.15) is 55.2 Å². The highest BCUT2D eigenvalue weighted by Crippen LogP contribution is 2.35. The summed E-state index contributed by atoms with van der Waals surface area (Å²) in [4.78, 5) is 18.3. The summed E-state index contributed by atoms with van der Waals surface area (Å²) in [5, 5.41) is 6.27. The zero-order valence-corrected chi connectivity index (χ0v) is 21.3. The number of piperazine rings is 1. The molecule has 0 bridgehead atoms. The molecule has 5 nitrogen and oxygen atoms in total. The van der Waals surface area contributed by atoms with Gasteiger partial charge < -0.3 is 10.3 Å². The van der Waals surface area contributed by atoms with Crippen LogP contribution in [0.2, 0.25) is 15.1 Å². The predicted molar refractivity (Wildman–Crippen MR) is 139 cm³/mol. The van der Waals surface area contributed by atoms with Crippen LogP contribution in [0, 0.1) is 0 Å². The van der Waals surface area contributed by atoms with E-state index >= 15 is 0 Å². The van der Waals surface area contributed by atoms with Gasteiger partial charge in [0.15, 0.2) is 0 Å². The highest BCUT2D eigenvalue weighted by Gasteiger charge is 2.39. The zero-order valence-electron chi connectivity index (χ0n) is 19.0. The van der Waals surface area contributed by atoms with Gasteiger partial charge in [-0.2, -0.15) is 5.10 Å². The van der Waals surface area contributed by atoms with E-state index in [4.69, 9.17) is 34.8 Å². The molecule has 2 atom stereocenters. The molecule has 1 saturated carbocycles. The van der Waals surface area contributed by atoms with E-state index in [1.54, 1.807) is 6.07 Å². The Bertz CT molecular complexity index is 1070. The molecule has 1 amide bonds. The lowest BCUT2D eigenvalue weighted by molar-refractivity contribution is -0.128. The smallest absolute Gasteiger partial charge is 0.270 e. The maximum atomic E-state index is 13.7. The minimum Gasteiger partial charge on any atom is -0.334 e. The highest BCUT2D eigenvalue weighted by molar-refractivity contribution is 6.42. The van der Waals surface area contributed by atoms with Crippen molar-refractivity contribution in [3.05, 3.63) is 68.7 Å². The summed E-state index contributed by atoms with van der Waals surface area (Å²) in [6.07, 6.45) is 6.34. The van der Waals surface area contributed by atoms with E-state index in [-0.39, 0.29) is 17.9 Å². The van der Waals surface area contributed by atoms with Crippen molar-refractivity contribution in [2.24, 2.45) is 5.10 Å². The van der Waals surface area contributed by atoms with E-state index in [0.29, 0.717) is 41.4 Å². The minimum atomic E-state index is -0.192. The van der Waals surface area contributed by atoms with Crippen LogP contribution in [0.15, 0.2) is 47.6 Å². The zero-order chi connectivity index (χ0) is 23.7. The third-order valence-corrected chi connectivity index (χ3v) is 8.20. The monoisotopic (exact) mass is 518 g/mol. The molecular formula is C26H29Cl3N4O. The van der Waals surface area contributed by atoms with E-state index in [0.717, 1.165) is 17.1 Å². The molecule has 34 heavy (non-hydrogen) atoms. The molecular weight excluding hydrogens is 491 g/mol. The van der Waals surface area contributed by atoms with Gasteiger partial charge in [0.2, 0.25) is 0 Å². The Balaban J connectivity index is 1.38. The molecule has 180 valence electrons. The van der Waals surface area contributed by atoms with Gasteiger partial charge in [-0.1, -0.05) is 72.3 Å². The number of hydrazone groups is 1. The first kappa shape index (κ1) is 23.9. The summed E-state index contributed by atoms with van der Waals surface area (Å²) in [5.74, 6) is -0.217. The molecule has 2 fully saturated rings. The summed E-state index contributed by atoms with van der Waals surface area (Å²) < 4.78 is 0. The molecule has 2 aromatic rings. The number of rotatable bonds is 4. The number of nitrogens with one attached hydrogen (secondary N) is 1. The number of carbonyl (C=O) groups is 1. The van der Waals surface area contributed by atoms with Crippen molar-refractivity contribution in [1.82, 2.24) is 15.2 Å². The molecule has 2 heterocycles. The van der Waals surface area contributed by atoms with E-state index < -0.39 is 0 Å². The van der Waals surface area contributed by atoms with Crippen molar-refractivity contribution in [3.8, 4) is 0 Å². The second kappa shape index (κ2) is 10.4. The Kier molecular flexibility index (Phi) is 7.35. The number of nitrogens with zero attached hydrogens (tertiary/aromatic N) is 3. The van der Waals surface area contributed by atoms with E-state index in [9.17, 15) is 4.79 Å². The minimum absolute atomic E-state index is 0.0247. The average molecular weight is 520 g/mol.